The lowest BCUT2D eigenvalue weighted by Crippen LogP contribution is -2.22. The van der Waals surface area contributed by atoms with E-state index in [1.54, 1.807) is 31.2 Å². The van der Waals surface area contributed by atoms with Crippen LogP contribution < -0.4 is 10.2 Å². The summed E-state index contributed by atoms with van der Waals surface area (Å²) < 4.78 is 16.4. The summed E-state index contributed by atoms with van der Waals surface area (Å²) >= 11 is 0. The maximum Gasteiger partial charge on any atom is 0.337 e. The number of carbonyl (C=O) groups is 1. The van der Waals surface area contributed by atoms with E-state index in [1.807, 2.05) is 13.8 Å². The Morgan fingerprint density at radius 1 is 1.10 bits per heavy atom. The summed E-state index contributed by atoms with van der Waals surface area (Å²) in [5, 5.41) is 10.7. The minimum atomic E-state index is -0.455. The van der Waals surface area contributed by atoms with E-state index in [9.17, 15) is 14.7 Å². The second-order valence-corrected chi connectivity index (χ2v) is 6.84. The Labute approximate surface area is 174 Å². The quantitative estimate of drug-likeness (QED) is 0.582. The molecule has 30 heavy (non-hydrogen) atoms. The molecule has 3 rings (SSSR count). The van der Waals surface area contributed by atoms with E-state index in [4.69, 9.17) is 9.15 Å². The fourth-order valence-corrected chi connectivity index (χ4v) is 3.23. The molecule has 1 heterocycles. The molecule has 0 aliphatic carbocycles. The number of phenols is 1. The molecular weight excluding hydrogens is 386 g/mol. The van der Waals surface area contributed by atoms with Gasteiger partial charge in [0.05, 0.1) is 23.6 Å². The molecule has 0 saturated carbocycles. The second-order valence-electron chi connectivity index (χ2n) is 6.84. The van der Waals surface area contributed by atoms with Crippen molar-refractivity contribution in [2.24, 2.45) is 0 Å². The van der Waals surface area contributed by atoms with Crippen LogP contribution in [0.5, 0.6) is 17.2 Å². The summed E-state index contributed by atoms with van der Waals surface area (Å²) in [4.78, 5) is 26.8. The lowest BCUT2D eigenvalue weighted by Gasteiger charge is -2.19. The van der Waals surface area contributed by atoms with Crippen LogP contribution in [-0.4, -0.2) is 36.2 Å². The van der Waals surface area contributed by atoms with E-state index in [2.05, 4.69) is 9.64 Å². The lowest BCUT2D eigenvalue weighted by atomic mass is 10.1. The van der Waals surface area contributed by atoms with E-state index in [0.717, 1.165) is 13.1 Å². The van der Waals surface area contributed by atoms with Crippen LogP contribution in [0.1, 0.15) is 35.5 Å². The minimum Gasteiger partial charge on any atom is -0.507 e. The number of methoxy groups -OCH3 is 1. The molecule has 0 aliphatic heterocycles. The molecule has 7 nitrogen and oxygen atoms in total. The number of phenolic OH excluding ortho intramolecular Hbond substituents is 1. The third-order valence-electron chi connectivity index (χ3n) is 5.03. The summed E-state index contributed by atoms with van der Waals surface area (Å²) in [6.07, 6.45) is 0. The minimum absolute atomic E-state index is 0.0628. The molecule has 0 fully saturated rings. The van der Waals surface area contributed by atoms with Gasteiger partial charge in [-0.15, -0.1) is 0 Å². The van der Waals surface area contributed by atoms with Gasteiger partial charge in [-0.25, -0.2) is 4.79 Å². The maximum atomic E-state index is 13.1. The summed E-state index contributed by atoms with van der Waals surface area (Å²) in [5.41, 5.74) is 0.985. The van der Waals surface area contributed by atoms with Gasteiger partial charge in [0.25, 0.3) is 0 Å². The average molecular weight is 411 g/mol. The Bertz CT molecular complexity index is 1110. The normalized spacial score (nSPS) is 11.1. The molecule has 2 aromatic carbocycles. The summed E-state index contributed by atoms with van der Waals surface area (Å²) in [7, 11) is 1.31. The number of carbonyl (C=O) groups excluding carboxylic acids is 1. The van der Waals surface area contributed by atoms with Gasteiger partial charge >= 0.3 is 5.97 Å². The number of nitrogens with zero attached hydrogens (tertiary/aromatic N) is 1. The van der Waals surface area contributed by atoms with Crippen LogP contribution in [0.3, 0.4) is 0 Å². The Kier molecular flexibility index (Phi) is 6.42. The molecule has 0 atom stereocenters. The van der Waals surface area contributed by atoms with Crippen LogP contribution in [0.25, 0.3) is 11.0 Å². The van der Waals surface area contributed by atoms with Crippen molar-refractivity contribution < 1.29 is 23.8 Å². The molecule has 0 radical (unpaired) electrons. The van der Waals surface area contributed by atoms with E-state index in [-0.39, 0.29) is 16.9 Å². The number of fused-ring (bicyclic) bond motifs is 1. The number of aryl methyl sites for hydroxylation is 1. The fraction of sp³-hybridized carbons (Fsp3) is 0.304. The first-order chi connectivity index (χ1) is 14.4. The first-order valence-electron chi connectivity index (χ1n) is 9.76. The standard InChI is InChI=1S/C23H25NO6/c1-5-24(6-2)13-18-19(25)12-11-17-20(26)21(14(3)29-22(17)18)30-16-9-7-15(8-10-16)23(27)28-4/h7-12,25H,5-6,13H2,1-4H3. The number of benzene rings is 2. The highest BCUT2D eigenvalue weighted by molar-refractivity contribution is 5.89. The molecule has 0 unspecified atom stereocenters. The van der Waals surface area contributed by atoms with E-state index < -0.39 is 5.97 Å². The third-order valence-corrected chi connectivity index (χ3v) is 5.03. The SMILES string of the molecule is CCN(CC)Cc1c(O)ccc2c(=O)c(Oc3ccc(C(=O)OC)cc3)c(C)oc12. The van der Waals surface area contributed by atoms with Crippen molar-refractivity contribution in [1.82, 2.24) is 4.90 Å². The number of hydrogen-bond donors (Lipinski definition) is 1. The van der Waals surface area contributed by atoms with Crippen LogP contribution in [0.2, 0.25) is 0 Å². The Morgan fingerprint density at radius 2 is 1.77 bits per heavy atom. The van der Waals surface area contributed by atoms with E-state index in [1.165, 1.54) is 19.2 Å². The molecule has 1 aromatic heterocycles. The molecule has 158 valence electrons. The number of ether oxygens (including phenoxy) is 2. The van der Waals surface area contributed by atoms with Crippen molar-refractivity contribution in [1.29, 1.82) is 0 Å². The first kappa shape index (κ1) is 21.4. The van der Waals surface area contributed by atoms with Gasteiger partial charge in [0, 0.05) is 6.54 Å². The molecule has 0 amide bonds. The predicted molar refractivity (Wildman–Crippen MR) is 113 cm³/mol. The molecule has 0 aliphatic rings. The van der Waals surface area contributed by atoms with E-state index in [0.29, 0.717) is 40.2 Å². The number of rotatable bonds is 7. The van der Waals surface area contributed by atoms with Crippen LogP contribution in [0, 0.1) is 6.92 Å². The van der Waals surface area contributed by atoms with Gasteiger partial charge in [-0.3, -0.25) is 9.69 Å². The molecule has 0 spiro atoms. The van der Waals surface area contributed by atoms with Gasteiger partial charge in [-0.05, 0) is 56.4 Å². The average Bonchev–Trinajstić information content (AvgIpc) is 2.76. The Morgan fingerprint density at radius 3 is 2.37 bits per heavy atom. The van der Waals surface area contributed by atoms with Crippen LogP contribution in [0.4, 0.5) is 0 Å². The van der Waals surface area contributed by atoms with Crippen molar-refractivity contribution in [3.63, 3.8) is 0 Å². The zero-order valence-electron chi connectivity index (χ0n) is 17.5. The number of hydrogen-bond acceptors (Lipinski definition) is 7. The molecule has 3 aromatic rings. The molecule has 0 bridgehead atoms. The zero-order chi connectivity index (χ0) is 21.8. The summed E-state index contributed by atoms with van der Waals surface area (Å²) in [6, 6.07) is 9.31. The van der Waals surface area contributed by atoms with Gasteiger partial charge in [0.15, 0.2) is 0 Å². The Balaban J connectivity index is 2.02. The zero-order valence-corrected chi connectivity index (χ0v) is 17.5. The molecule has 1 N–H and O–H groups in total. The van der Waals surface area contributed by atoms with Gasteiger partial charge in [-0.2, -0.15) is 0 Å². The van der Waals surface area contributed by atoms with Crippen molar-refractivity contribution in [2.45, 2.75) is 27.3 Å². The van der Waals surface area contributed by atoms with Crippen LogP contribution >= 0.6 is 0 Å². The van der Waals surface area contributed by atoms with Crippen molar-refractivity contribution in [3.05, 3.63) is 63.5 Å². The molecule has 7 heteroatoms. The third kappa shape index (κ3) is 4.16. The van der Waals surface area contributed by atoms with Crippen molar-refractivity contribution in [2.75, 3.05) is 20.2 Å². The van der Waals surface area contributed by atoms with Crippen LogP contribution in [-0.2, 0) is 11.3 Å². The molecular formula is C23H25NO6. The van der Waals surface area contributed by atoms with Crippen molar-refractivity contribution in [3.8, 4) is 17.2 Å². The maximum absolute atomic E-state index is 13.1. The predicted octanol–water partition coefficient (Wildman–Crippen LogP) is 4.23. The summed E-state index contributed by atoms with van der Waals surface area (Å²) in [5.74, 6) is 0.385. The van der Waals surface area contributed by atoms with Crippen LogP contribution in [0.15, 0.2) is 45.6 Å². The molecule has 0 saturated heterocycles. The van der Waals surface area contributed by atoms with Gasteiger partial charge < -0.3 is 19.0 Å². The smallest absolute Gasteiger partial charge is 0.337 e. The lowest BCUT2D eigenvalue weighted by molar-refractivity contribution is 0.0600. The Hall–Kier alpha value is -3.32. The number of aromatic hydroxyl groups is 1. The fourth-order valence-electron chi connectivity index (χ4n) is 3.23. The first-order valence-corrected chi connectivity index (χ1v) is 9.76. The monoisotopic (exact) mass is 411 g/mol. The summed E-state index contributed by atoms with van der Waals surface area (Å²) in [6.45, 7) is 7.78. The van der Waals surface area contributed by atoms with E-state index >= 15 is 0 Å². The highest BCUT2D eigenvalue weighted by Gasteiger charge is 2.19. The highest BCUT2D eigenvalue weighted by atomic mass is 16.5. The highest BCUT2D eigenvalue weighted by Crippen LogP contribution is 2.31. The number of esters is 1. The van der Waals surface area contributed by atoms with Gasteiger partial charge in [-0.1, -0.05) is 13.8 Å². The second kappa shape index (κ2) is 9.00. The van der Waals surface area contributed by atoms with Gasteiger partial charge in [0.2, 0.25) is 11.2 Å². The topological polar surface area (TPSA) is 89.2 Å². The van der Waals surface area contributed by atoms with Gasteiger partial charge in [0.1, 0.15) is 22.8 Å². The van der Waals surface area contributed by atoms with Crippen molar-refractivity contribution >= 4 is 16.9 Å². The largest absolute Gasteiger partial charge is 0.507 e.